The molecule has 4 bridgehead atoms. The van der Waals surface area contributed by atoms with Gasteiger partial charge in [-0.1, -0.05) is 13.8 Å². The first-order valence-electron chi connectivity index (χ1n) is 8.11. The van der Waals surface area contributed by atoms with Gasteiger partial charge in [-0.15, -0.1) is 0 Å². The minimum Gasteiger partial charge on any atom is -0.306 e. The zero-order valence-corrected chi connectivity index (χ0v) is 13.1. The number of hydrogen-bond donors (Lipinski definition) is 1. The molecule has 0 amide bonds. The maximum atomic E-state index is 4.29. The lowest BCUT2D eigenvalue weighted by molar-refractivity contribution is -0.118. The molecule has 1 heterocycles. The Balaban J connectivity index is 1.56. The highest BCUT2D eigenvalue weighted by Gasteiger charge is 2.59. The molecule has 5 rings (SSSR count). The second-order valence-corrected chi connectivity index (χ2v) is 8.71. The molecule has 0 aromatic carbocycles. The summed E-state index contributed by atoms with van der Waals surface area (Å²) in [5.41, 5.74) is 2.88. The van der Waals surface area contributed by atoms with Crippen LogP contribution in [0, 0.1) is 16.7 Å². The van der Waals surface area contributed by atoms with E-state index in [0.717, 1.165) is 12.5 Å². The van der Waals surface area contributed by atoms with Crippen LogP contribution in [0.25, 0.3) is 0 Å². The van der Waals surface area contributed by atoms with Crippen LogP contribution in [-0.4, -0.2) is 15.3 Å². The molecule has 2 unspecified atom stereocenters. The summed E-state index contributed by atoms with van der Waals surface area (Å²) in [5.74, 6) is 0.959. The smallest absolute Gasteiger partial charge is 0.0518 e. The molecular formula is C17H27N3. The van der Waals surface area contributed by atoms with Crippen molar-refractivity contribution >= 4 is 0 Å². The Kier molecular flexibility index (Phi) is 2.50. The highest BCUT2D eigenvalue weighted by Crippen LogP contribution is 2.66. The summed E-state index contributed by atoms with van der Waals surface area (Å²) in [6, 6.07) is 2.14. The molecule has 2 atom stereocenters. The highest BCUT2D eigenvalue weighted by atomic mass is 15.3. The van der Waals surface area contributed by atoms with Crippen molar-refractivity contribution in [3.63, 3.8) is 0 Å². The van der Waals surface area contributed by atoms with Crippen molar-refractivity contribution < 1.29 is 0 Å². The van der Waals surface area contributed by atoms with E-state index < -0.39 is 0 Å². The molecule has 1 aromatic rings. The standard InChI is InChI=1S/C17H27N3/c1-15-6-13-7-16(2,10-15)12-17(8-13,11-15)18-9-14-4-5-19-20(14)3/h4-5,13,18H,6-12H2,1-3H3. The van der Waals surface area contributed by atoms with E-state index in [1.165, 1.54) is 44.2 Å². The second kappa shape index (κ2) is 3.88. The van der Waals surface area contributed by atoms with Crippen molar-refractivity contribution in [2.45, 2.75) is 64.5 Å². The number of aryl methyl sites for hydroxylation is 1. The summed E-state index contributed by atoms with van der Waals surface area (Å²) >= 11 is 0. The Bertz CT molecular complexity index is 514. The first-order chi connectivity index (χ1) is 9.40. The Labute approximate surface area is 122 Å². The molecule has 4 aliphatic carbocycles. The van der Waals surface area contributed by atoms with E-state index in [0.29, 0.717) is 16.4 Å². The maximum Gasteiger partial charge on any atom is 0.0518 e. The Morgan fingerprint density at radius 1 is 1.20 bits per heavy atom. The number of hydrogen-bond acceptors (Lipinski definition) is 2. The predicted octanol–water partition coefficient (Wildman–Crippen LogP) is 3.26. The van der Waals surface area contributed by atoms with Crippen LogP contribution in [0.3, 0.4) is 0 Å². The molecule has 1 aromatic heterocycles. The Morgan fingerprint density at radius 3 is 2.45 bits per heavy atom. The summed E-state index contributed by atoms with van der Waals surface area (Å²) in [4.78, 5) is 0. The van der Waals surface area contributed by atoms with E-state index >= 15 is 0 Å². The lowest BCUT2D eigenvalue weighted by Gasteiger charge is -2.65. The molecule has 20 heavy (non-hydrogen) atoms. The lowest BCUT2D eigenvalue weighted by Crippen LogP contribution is -2.63. The van der Waals surface area contributed by atoms with Crippen molar-refractivity contribution in [3.05, 3.63) is 18.0 Å². The van der Waals surface area contributed by atoms with Gasteiger partial charge in [0.25, 0.3) is 0 Å². The second-order valence-electron chi connectivity index (χ2n) is 8.71. The third-order valence-corrected chi connectivity index (χ3v) is 6.19. The summed E-state index contributed by atoms with van der Waals surface area (Å²) in [5, 5.41) is 8.25. The van der Waals surface area contributed by atoms with Gasteiger partial charge in [-0.3, -0.25) is 4.68 Å². The molecule has 110 valence electrons. The first-order valence-corrected chi connectivity index (χ1v) is 8.11. The van der Waals surface area contributed by atoms with Crippen LogP contribution in [-0.2, 0) is 13.6 Å². The summed E-state index contributed by atoms with van der Waals surface area (Å²) in [6.07, 6.45) is 10.4. The van der Waals surface area contributed by atoms with Crippen molar-refractivity contribution in [2.24, 2.45) is 23.8 Å². The number of aromatic nitrogens is 2. The van der Waals surface area contributed by atoms with Gasteiger partial charge in [0, 0.05) is 25.3 Å². The van der Waals surface area contributed by atoms with E-state index in [2.05, 4.69) is 30.3 Å². The summed E-state index contributed by atoms with van der Waals surface area (Å²) in [6.45, 7) is 6.04. The molecule has 4 aliphatic rings. The van der Waals surface area contributed by atoms with Gasteiger partial charge in [0.15, 0.2) is 0 Å². The van der Waals surface area contributed by atoms with Gasteiger partial charge in [0.05, 0.1) is 5.69 Å². The van der Waals surface area contributed by atoms with Crippen LogP contribution in [0.1, 0.15) is 58.1 Å². The van der Waals surface area contributed by atoms with Crippen molar-refractivity contribution in [1.82, 2.24) is 15.1 Å². The van der Waals surface area contributed by atoms with Gasteiger partial charge >= 0.3 is 0 Å². The molecule has 1 N–H and O–H groups in total. The van der Waals surface area contributed by atoms with E-state index in [1.54, 1.807) is 0 Å². The first kappa shape index (κ1) is 12.9. The zero-order chi connectivity index (χ0) is 14.0. The lowest BCUT2D eigenvalue weighted by atomic mass is 9.43. The third kappa shape index (κ3) is 1.93. The van der Waals surface area contributed by atoms with Crippen LogP contribution >= 0.6 is 0 Å². The topological polar surface area (TPSA) is 29.9 Å². The van der Waals surface area contributed by atoms with Crippen LogP contribution < -0.4 is 5.32 Å². The zero-order valence-electron chi connectivity index (χ0n) is 13.1. The van der Waals surface area contributed by atoms with Crippen LogP contribution in [0.5, 0.6) is 0 Å². The molecule has 4 fully saturated rings. The minimum absolute atomic E-state index is 0.396. The van der Waals surface area contributed by atoms with Gasteiger partial charge in [-0.05, 0) is 61.3 Å². The molecule has 0 radical (unpaired) electrons. The van der Waals surface area contributed by atoms with E-state index in [9.17, 15) is 0 Å². The SMILES string of the molecule is Cn1nccc1CNC12CC3CC(C)(CC(C)(C3)C1)C2. The van der Waals surface area contributed by atoms with Gasteiger partial charge in [0.2, 0.25) is 0 Å². The number of rotatable bonds is 3. The largest absolute Gasteiger partial charge is 0.306 e. The molecule has 0 aliphatic heterocycles. The van der Waals surface area contributed by atoms with E-state index in [4.69, 9.17) is 0 Å². The minimum atomic E-state index is 0.396. The molecule has 3 nitrogen and oxygen atoms in total. The highest BCUT2D eigenvalue weighted by molar-refractivity contribution is 5.15. The maximum absolute atomic E-state index is 4.29. The van der Waals surface area contributed by atoms with Gasteiger partial charge < -0.3 is 5.32 Å². The van der Waals surface area contributed by atoms with Gasteiger partial charge in [0.1, 0.15) is 0 Å². The molecular weight excluding hydrogens is 246 g/mol. The Morgan fingerprint density at radius 2 is 1.90 bits per heavy atom. The Hall–Kier alpha value is -0.830. The van der Waals surface area contributed by atoms with E-state index in [-0.39, 0.29) is 0 Å². The third-order valence-electron chi connectivity index (χ3n) is 6.19. The fourth-order valence-electron chi connectivity index (χ4n) is 6.50. The molecule has 0 saturated heterocycles. The van der Waals surface area contributed by atoms with Crippen LogP contribution in [0.15, 0.2) is 12.3 Å². The summed E-state index contributed by atoms with van der Waals surface area (Å²) < 4.78 is 2.00. The van der Waals surface area contributed by atoms with Crippen LogP contribution in [0.2, 0.25) is 0 Å². The fourth-order valence-corrected chi connectivity index (χ4v) is 6.50. The number of nitrogens with zero attached hydrogens (tertiary/aromatic N) is 2. The molecule has 4 saturated carbocycles. The number of nitrogens with one attached hydrogen (secondary N) is 1. The monoisotopic (exact) mass is 273 g/mol. The normalized spacial score (nSPS) is 46.0. The molecule has 3 heteroatoms. The molecule has 0 spiro atoms. The predicted molar refractivity (Wildman–Crippen MR) is 80.2 cm³/mol. The quantitative estimate of drug-likeness (QED) is 0.916. The van der Waals surface area contributed by atoms with Crippen LogP contribution in [0.4, 0.5) is 0 Å². The van der Waals surface area contributed by atoms with Crippen molar-refractivity contribution in [1.29, 1.82) is 0 Å². The van der Waals surface area contributed by atoms with E-state index in [1.807, 2.05) is 17.9 Å². The van der Waals surface area contributed by atoms with Gasteiger partial charge in [-0.25, -0.2) is 0 Å². The van der Waals surface area contributed by atoms with Gasteiger partial charge in [-0.2, -0.15) is 5.10 Å². The van der Waals surface area contributed by atoms with Crippen molar-refractivity contribution in [2.75, 3.05) is 0 Å². The average molecular weight is 273 g/mol. The van der Waals surface area contributed by atoms with Crippen molar-refractivity contribution in [3.8, 4) is 0 Å². The fraction of sp³-hybridized carbons (Fsp3) is 0.824. The summed E-state index contributed by atoms with van der Waals surface area (Å²) in [7, 11) is 2.04. The average Bonchev–Trinajstić information content (AvgIpc) is 2.67.